The van der Waals surface area contributed by atoms with Gasteiger partial charge in [0.25, 0.3) is 5.91 Å². The van der Waals surface area contributed by atoms with E-state index in [0.29, 0.717) is 11.3 Å². The van der Waals surface area contributed by atoms with Gasteiger partial charge in [0.15, 0.2) is 5.78 Å². The summed E-state index contributed by atoms with van der Waals surface area (Å²) in [6, 6.07) is 6.91. The summed E-state index contributed by atoms with van der Waals surface area (Å²) in [5.74, 6) is 0.0856. The van der Waals surface area contributed by atoms with Crippen LogP contribution in [0.15, 0.2) is 48.1 Å². The molecule has 1 amide bonds. The largest absolute Gasteiger partial charge is 0.487 e. The molecular formula is C16H19NO4. The maximum atomic E-state index is 11.2. The summed E-state index contributed by atoms with van der Waals surface area (Å²) in [7, 11) is 0. The number of hydrogen-bond donors (Lipinski definition) is 2. The van der Waals surface area contributed by atoms with Crippen molar-refractivity contribution in [2.45, 2.75) is 26.9 Å². The Labute approximate surface area is 123 Å². The van der Waals surface area contributed by atoms with Crippen LogP contribution in [0.1, 0.15) is 31.1 Å². The normalized spacial score (nSPS) is 13.0. The van der Waals surface area contributed by atoms with Crippen LogP contribution in [0.25, 0.3) is 0 Å². The van der Waals surface area contributed by atoms with E-state index >= 15 is 0 Å². The molecule has 0 aliphatic carbocycles. The molecule has 0 saturated carbocycles. The fourth-order valence-electron chi connectivity index (χ4n) is 1.69. The lowest BCUT2D eigenvalue weighted by Gasteiger charge is -2.11. The fraction of sp³-hybridized carbons (Fsp3) is 0.250. The Balaban J connectivity index is 2.63. The van der Waals surface area contributed by atoms with Crippen LogP contribution in [0.5, 0.6) is 5.75 Å². The van der Waals surface area contributed by atoms with E-state index in [1.807, 2.05) is 19.9 Å². The van der Waals surface area contributed by atoms with E-state index in [1.54, 1.807) is 30.3 Å². The first-order valence-corrected chi connectivity index (χ1v) is 6.50. The molecule has 0 aliphatic rings. The highest BCUT2D eigenvalue weighted by atomic mass is 16.5. The van der Waals surface area contributed by atoms with Gasteiger partial charge in [-0.3, -0.25) is 14.8 Å². The van der Waals surface area contributed by atoms with E-state index in [1.165, 1.54) is 18.5 Å². The van der Waals surface area contributed by atoms with Crippen LogP contribution in [0, 0.1) is 0 Å². The van der Waals surface area contributed by atoms with Crippen molar-refractivity contribution < 1.29 is 19.5 Å². The quantitative estimate of drug-likeness (QED) is 0.277. The molecule has 1 atom stereocenters. The second-order valence-electron chi connectivity index (χ2n) is 4.62. The predicted octanol–water partition coefficient (Wildman–Crippen LogP) is 2.66. The monoisotopic (exact) mass is 289 g/mol. The third-order valence-electron chi connectivity index (χ3n) is 2.69. The van der Waals surface area contributed by atoms with Crippen LogP contribution < -0.4 is 10.2 Å². The van der Waals surface area contributed by atoms with E-state index in [2.05, 4.69) is 0 Å². The number of Topliss-reactive ketones (excluding diaryl/α,β-unsaturated/α-hetero) is 1. The summed E-state index contributed by atoms with van der Waals surface area (Å²) in [6.07, 6.45) is 4.43. The molecule has 5 heteroatoms. The fourth-order valence-corrected chi connectivity index (χ4v) is 1.69. The number of carbonyl (C=O) groups excluding carboxylic acids is 2. The number of nitrogens with one attached hydrogen (secondary N) is 1. The van der Waals surface area contributed by atoms with Gasteiger partial charge >= 0.3 is 0 Å². The van der Waals surface area contributed by atoms with E-state index in [4.69, 9.17) is 9.94 Å². The van der Waals surface area contributed by atoms with Crippen LogP contribution in [-0.2, 0) is 4.79 Å². The second-order valence-corrected chi connectivity index (χ2v) is 4.62. The molecule has 21 heavy (non-hydrogen) atoms. The molecule has 0 spiro atoms. The van der Waals surface area contributed by atoms with Crippen LogP contribution in [0.3, 0.4) is 0 Å². The minimum atomic E-state index is -0.587. The zero-order valence-corrected chi connectivity index (χ0v) is 12.3. The minimum absolute atomic E-state index is 0.0117. The smallest absolute Gasteiger partial charge is 0.267 e. The van der Waals surface area contributed by atoms with Gasteiger partial charge in [-0.25, -0.2) is 5.48 Å². The molecule has 0 bridgehead atoms. The maximum Gasteiger partial charge on any atom is 0.267 e. The Hall–Kier alpha value is -2.40. The highest BCUT2D eigenvalue weighted by Gasteiger charge is 2.03. The number of benzene rings is 1. The molecule has 5 nitrogen and oxygen atoms in total. The number of hydrogen-bond acceptors (Lipinski definition) is 4. The topological polar surface area (TPSA) is 75.6 Å². The number of allylic oxidation sites excluding steroid dienone is 2. The average molecular weight is 289 g/mol. The van der Waals surface area contributed by atoms with Crippen molar-refractivity contribution in [3.63, 3.8) is 0 Å². The summed E-state index contributed by atoms with van der Waals surface area (Å²) in [5, 5.41) is 8.37. The van der Waals surface area contributed by atoms with Crippen LogP contribution >= 0.6 is 0 Å². The van der Waals surface area contributed by atoms with Gasteiger partial charge in [0, 0.05) is 11.6 Å². The Bertz CT molecular complexity index is 558. The molecule has 2 N–H and O–H groups in total. The summed E-state index contributed by atoms with van der Waals surface area (Å²) >= 11 is 0. The van der Waals surface area contributed by atoms with Gasteiger partial charge in [-0.05, 0) is 51.1 Å². The van der Waals surface area contributed by atoms with Gasteiger partial charge < -0.3 is 4.74 Å². The van der Waals surface area contributed by atoms with E-state index in [-0.39, 0.29) is 11.9 Å². The Morgan fingerprint density at radius 1 is 1.19 bits per heavy atom. The lowest BCUT2D eigenvalue weighted by molar-refractivity contribution is -0.124. The molecule has 1 aromatic rings. The summed E-state index contributed by atoms with van der Waals surface area (Å²) in [4.78, 5) is 22.0. The standard InChI is InChI=1S/C16H19NO4/c1-11(4-9-16(19)17-20)10-12(2)21-15-7-5-14(6-8-15)13(3)18/h4-10,12,20H,1-3H3,(H,17,19)/b9-4+,11-10+. The van der Waals surface area contributed by atoms with Gasteiger partial charge in [0.05, 0.1) is 0 Å². The van der Waals surface area contributed by atoms with Gasteiger partial charge in [-0.15, -0.1) is 0 Å². The first-order valence-electron chi connectivity index (χ1n) is 6.50. The first kappa shape index (κ1) is 16.7. The second kappa shape index (κ2) is 8.01. The predicted molar refractivity (Wildman–Crippen MR) is 79.4 cm³/mol. The summed E-state index contributed by atoms with van der Waals surface area (Å²) in [5.41, 5.74) is 2.98. The van der Waals surface area contributed by atoms with Crippen molar-refractivity contribution >= 4 is 11.7 Å². The molecule has 0 aromatic heterocycles. The average Bonchev–Trinajstić information content (AvgIpc) is 2.45. The van der Waals surface area contributed by atoms with Crippen molar-refractivity contribution in [1.29, 1.82) is 0 Å². The van der Waals surface area contributed by atoms with Crippen molar-refractivity contribution in [1.82, 2.24) is 5.48 Å². The highest BCUT2D eigenvalue weighted by molar-refractivity contribution is 5.94. The van der Waals surface area contributed by atoms with E-state index in [0.717, 1.165) is 5.57 Å². The third kappa shape index (κ3) is 6.05. The van der Waals surface area contributed by atoms with Gasteiger partial charge in [0.1, 0.15) is 11.9 Å². The zero-order valence-electron chi connectivity index (χ0n) is 12.3. The summed E-state index contributed by atoms with van der Waals surface area (Å²) in [6.45, 7) is 5.20. The molecule has 0 radical (unpaired) electrons. The molecular weight excluding hydrogens is 270 g/mol. The third-order valence-corrected chi connectivity index (χ3v) is 2.69. The number of ketones is 1. The molecule has 1 unspecified atom stereocenters. The first-order chi connectivity index (χ1) is 9.92. The number of amides is 1. The lowest BCUT2D eigenvalue weighted by Crippen LogP contribution is -2.15. The van der Waals surface area contributed by atoms with Crippen molar-refractivity contribution in [2.24, 2.45) is 0 Å². The molecule has 1 rings (SSSR count). The van der Waals surface area contributed by atoms with Gasteiger partial charge in [0.2, 0.25) is 0 Å². The van der Waals surface area contributed by atoms with Gasteiger partial charge in [-0.1, -0.05) is 11.6 Å². The molecule has 1 aromatic carbocycles. The van der Waals surface area contributed by atoms with Crippen molar-refractivity contribution in [3.8, 4) is 5.75 Å². The highest BCUT2D eigenvalue weighted by Crippen LogP contribution is 2.15. The van der Waals surface area contributed by atoms with Crippen molar-refractivity contribution in [2.75, 3.05) is 0 Å². The number of carbonyl (C=O) groups is 2. The molecule has 0 heterocycles. The lowest BCUT2D eigenvalue weighted by atomic mass is 10.1. The zero-order chi connectivity index (χ0) is 15.8. The number of ether oxygens (including phenoxy) is 1. The number of rotatable bonds is 6. The summed E-state index contributed by atoms with van der Waals surface area (Å²) < 4.78 is 5.68. The van der Waals surface area contributed by atoms with Gasteiger partial charge in [-0.2, -0.15) is 0 Å². The van der Waals surface area contributed by atoms with Crippen LogP contribution in [-0.4, -0.2) is 23.0 Å². The maximum absolute atomic E-state index is 11.2. The van der Waals surface area contributed by atoms with Crippen molar-refractivity contribution in [3.05, 3.63) is 53.6 Å². The van der Waals surface area contributed by atoms with Crippen LogP contribution in [0.4, 0.5) is 0 Å². The SMILES string of the molecule is CC(=O)c1ccc(OC(C)/C=C(C)/C=C/C(=O)NO)cc1. The Kier molecular flexibility index (Phi) is 6.36. The van der Waals surface area contributed by atoms with E-state index in [9.17, 15) is 9.59 Å². The molecule has 0 fully saturated rings. The minimum Gasteiger partial charge on any atom is -0.487 e. The van der Waals surface area contributed by atoms with E-state index < -0.39 is 5.91 Å². The Morgan fingerprint density at radius 3 is 2.33 bits per heavy atom. The Morgan fingerprint density at radius 2 is 1.81 bits per heavy atom. The molecule has 0 aliphatic heterocycles. The number of hydroxylamine groups is 1. The molecule has 0 saturated heterocycles. The van der Waals surface area contributed by atoms with Crippen LogP contribution in [0.2, 0.25) is 0 Å². The molecule has 112 valence electrons.